The highest BCUT2D eigenvalue weighted by Gasteiger charge is 2.26. The summed E-state index contributed by atoms with van der Waals surface area (Å²) in [5, 5.41) is 16.6. The molecule has 118 valence electrons. The standard InChI is InChI=1S/C17H17N3O3/c21-16(15-4-1-9-18-19-15)20-10-2-3-14(11-20)12-5-7-13(8-6-12)17(22)23/h1,4-9,14H,2-3,10-11H2,(H,22,23)/t14-/m0/s1. The lowest BCUT2D eigenvalue weighted by Gasteiger charge is -2.32. The van der Waals surface area contributed by atoms with Crippen molar-refractivity contribution in [3.63, 3.8) is 0 Å². The first-order valence-corrected chi connectivity index (χ1v) is 7.55. The number of carboxylic acid groups (broad SMARTS) is 1. The van der Waals surface area contributed by atoms with Crippen LogP contribution in [0.5, 0.6) is 0 Å². The molecule has 0 bridgehead atoms. The third-order valence-electron chi connectivity index (χ3n) is 4.13. The zero-order valence-corrected chi connectivity index (χ0v) is 12.6. The molecule has 1 N–H and O–H groups in total. The van der Waals surface area contributed by atoms with E-state index in [0.717, 1.165) is 18.4 Å². The van der Waals surface area contributed by atoms with Crippen molar-refractivity contribution in [3.05, 3.63) is 59.4 Å². The van der Waals surface area contributed by atoms with Crippen LogP contribution in [0.3, 0.4) is 0 Å². The van der Waals surface area contributed by atoms with Gasteiger partial charge in [-0.25, -0.2) is 4.79 Å². The van der Waals surface area contributed by atoms with Crippen molar-refractivity contribution in [1.29, 1.82) is 0 Å². The second-order valence-electron chi connectivity index (χ2n) is 5.63. The number of amides is 1. The Morgan fingerprint density at radius 2 is 1.96 bits per heavy atom. The number of benzene rings is 1. The number of piperidine rings is 1. The molecule has 1 aromatic carbocycles. The van der Waals surface area contributed by atoms with Gasteiger partial charge in [-0.1, -0.05) is 12.1 Å². The summed E-state index contributed by atoms with van der Waals surface area (Å²) in [6, 6.07) is 10.3. The van der Waals surface area contributed by atoms with Gasteiger partial charge in [0.25, 0.3) is 5.91 Å². The number of likely N-dealkylation sites (tertiary alicyclic amines) is 1. The highest BCUT2D eigenvalue weighted by atomic mass is 16.4. The van der Waals surface area contributed by atoms with E-state index < -0.39 is 5.97 Å². The molecule has 1 saturated heterocycles. The molecule has 1 fully saturated rings. The van der Waals surface area contributed by atoms with Crippen molar-refractivity contribution in [2.75, 3.05) is 13.1 Å². The number of carboxylic acids is 1. The Hall–Kier alpha value is -2.76. The second-order valence-corrected chi connectivity index (χ2v) is 5.63. The van der Waals surface area contributed by atoms with Gasteiger partial charge in [-0.2, -0.15) is 5.10 Å². The zero-order valence-electron chi connectivity index (χ0n) is 12.6. The first-order valence-electron chi connectivity index (χ1n) is 7.55. The molecule has 0 spiro atoms. The first-order chi connectivity index (χ1) is 11.1. The molecule has 1 atom stereocenters. The van der Waals surface area contributed by atoms with Crippen LogP contribution in [-0.4, -0.2) is 45.2 Å². The molecule has 1 amide bonds. The first kappa shape index (κ1) is 15.1. The number of nitrogens with zero attached hydrogens (tertiary/aromatic N) is 3. The minimum atomic E-state index is -0.931. The molecule has 23 heavy (non-hydrogen) atoms. The molecule has 6 nitrogen and oxygen atoms in total. The van der Waals surface area contributed by atoms with Crippen LogP contribution in [0.15, 0.2) is 42.6 Å². The Bertz CT molecular complexity index is 701. The molecule has 0 unspecified atom stereocenters. The molecule has 1 aliphatic heterocycles. The predicted octanol–water partition coefficient (Wildman–Crippen LogP) is 2.19. The van der Waals surface area contributed by atoms with Gasteiger partial charge in [0.05, 0.1) is 5.56 Å². The van der Waals surface area contributed by atoms with E-state index in [0.29, 0.717) is 18.8 Å². The number of hydrogen-bond acceptors (Lipinski definition) is 4. The molecular weight excluding hydrogens is 294 g/mol. The summed E-state index contributed by atoms with van der Waals surface area (Å²) in [6.45, 7) is 1.32. The summed E-state index contributed by atoms with van der Waals surface area (Å²) in [5.74, 6) is -0.822. The topological polar surface area (TPSA) is 83.4 Å². The van der Waals surface area contributed by atoms with Gasteiger partial charge in [0.1, 0.15) is 0 Å². The molecule has 0 aliphatic carbocycles. The molecule has 0 saturated carbocycles. The van der Waals surface area contributed by atoms with Crippen LogP contribution in [-0.2, 0) is 0 Å². The van der Waals surface area contributed by atoms with Crippen LogP contribution < -0.4 is 0 Å². The lowest BCUT2D eigenvalue weighted by molar-refractivity contribution is 0.0691. The second kappa shape index (κ2) is 6.56. The summed E-state index contributed by atoms with van der Waals surface area (Å²) < 4.78 is 0. The number of aromatic nitrogens is 2. The van der Waals surface area contributed by atoms with Crippen LogP contribution >= 0.6 is 0 Å². The van der Waals surface area contributed by atoms with E-state index in [-0.39, 0.29) is 17.4 Å². The van der Waals surface area contributed by atoms with Crippen molar-refractivity contribution < 1.29 is 14.7 Å². The monoisotopic (exact) mass is 311 g/mol. The van der Waals surface area contributed by atoms with E-state index in [9.17, 15) is 9.59 Å². The van der Waals surface area contributed by atoms with Crippen molar-refractivity contribution in [2.45, 2.75) is 18.8 Å². The predicted molar refractivity (Wildman–Crippen MR) is 83.3 cm³/mol. The Morgan fingerprint density at radius 3 is 2.61 bits per heavy atom. The van der Waals surface area contributed by atoms with Crippen LogP contribution in [0.2, 0.25) is 0 Å². The molecule has 6 heteroatoms. The molecule has 3 rings (SSSR count). The maximum atomic E-state index is 12.5. The van der Waals surface area contributed by atoms with E-state index >= 15 is 0 Å². The van der Waals surface area contributed by atoms with Crippen molar-refractivity contribution in [3.8, 4) is 0 Å². The zero-order chi connectivity index (χ0) is 16.2. The number of aromatic carboxylic acids is 1. The van der Waals surface area contributed by atoms with E-state index in [1.165, 1.54) is 0 Å². The minimum Gasteiger partial charge on any atom is -0.478 e. The van der Waals surface area contributed by atoms with E-state index in [4.69, 9.17) is 5.11 Å². The van der Waals surface area contributed by atoms with Gasteiger partial charge in [0.15, 0.2) is 5.69 Å². The van der Waals surface area contributed by atoms with Crippen LogP contribution in [0.1, 0.15) is 45.2 Å². The highest BCUT2D eigenvalue weighted by Crippen LogP contribution is 2.27. The molecule has 0 radical (unpaired) electrons. The average molecular weight is 311 g/mol. The van der Waals surface area contributed by atoms with Crippen LogP contribution in [0, 0.1) is 0 Å². The van der Waals surface area contributed by atoms with Crippen molar-refractivity contribution in [1.82, 2.24) is 15.1 Å². The third-order valence-corrected chi connectivity index (χ3v) is 4.13. The van der Waals surface area contributed by atoms with Gasteiger partial charge in [-0.05, 0) is 42.7 Å². The molecular formula is C17H17N3O3. The lowest BCUT2D eigenvalue weighted by Crippen LogP contribution is -2.39. The Balaban J connectivity index is 1.73. The summed E-state index contributed by atoms with van der Waals surface area (Å²) >= 11 is 0. The quantitative estimate of drug-likeness (QED) is 0.939. The van der Waals surface area contributed by atoms with Crippen LogP contribution in [0.25, 0.3) is 0 Å². The van der Waals surface area contributed by atoms with Gasteiger partial charge >= 0.3 is 5.97 Å². The van der Waals surface area contributed by atoms with Gasteiger partial charge in [0.2, 0.25) is 0 Å². The van der Waals surface area contributed by atoms with E-state index in [2.05, 4.69) is 10.2 Å². The highest BCUT2D eigenvalue weighted by molar-refractivity contribution is 5.92. The summed E-state index contributed by atoms with van der Waals surface area (Å²) in [5.41, 5.74) is 1.69. The summed E-state index contributed by atoms with van der Waals surface area (Å²) in [4.78, 5) is 25.2. The van der Waals surface area contributed by atoms with Gasteiger partial charge in [-0.15, -0.1) is 5.10 Å². The third kappa shape index (κ3) is 3.36. The fourth-order valence-electron chi connectivity index (χ4n) is 2.91. The average Bonchev–Trinajstić information content (AvgIpc) is 2.62. The summed E-state index contributed by atoms with van der Waals surface area (Å²) in [7, 11) is 0. The number of hydrogen-bond donors (Lipinski definition) is 1. The number of carbonyl (C=O) groups excluding carboxylic acids is 1. The number of rotatable bonds is 3. The molecule has 1 aromatic heterocycles. The maximum absolute atomic E-state index is 12.5. The lowest BCUT2D eigenvalue weighted by atomic mass is 9.90. The Morgan fingerprint density at radius 1 is 1.17 bits per heavy atom. The van der Waals surface area contributed by atoms with Gasteiger partial charge in [-0.3, -0.25) is 4.79 Å². The summed E-state index contributed by atoms with van der Waals surface area (Å²) in [6.07, 6.45) is 3.44. The number of carbonyl (C=O) groups is 2. The smallest absolute Gasteiger partial charge is 0.335 e. The Labute approximate surface area is 133 Å². The van der Waals surface area contributed by atoms with Crippen LogP contribution in [0.4, 0.5) is 0 Å². The maximum Gasteiger partial charge on any atom is 0.335 e. The fourth-order valence-corrected chi connectivity index (χ4v) is 2.91. The molecule has 2 heterocycles. The Kier molecular flexibility index (Phi) is 4.32. The largest absolute Gasteiger partial charge is 0.478 e. The minimum absolute atomic E-state index is 0.107. The van der Waals surface area contributed by atoms with Gasteiger partial charge in [0, 0.05) is 25.2 Å². The molecule has 2 aromatic rings. The fraction of sp³-hybridized carbons (Fsp3) is 0.294. The van der Waals surface area contributed by atoms with E-state index in [1.54, 1.807) is 35.4 Å². The normalized spacial score (nSPS) is 17.7. The molecule has 1 aliphatic rings. The SMILES string of the molecule is O=C(O)c1ccc([C@H]2CCCN(C(=O)c3cccnn3)C2)cc1. The van der Waals surface area contributed by atoms with Gasteiger partial charge < -0.3 is 10.0 Å². The van der Waals surface area contributed by atoms with Crippen molar-refractivity contribution >= 4 is 11.9 Å². The van der Waals surface area contributed by atoms with Crippen molar-refractivity contribution in [2.24, 2.45) is 0 Å². The van der Waals surface area contributed by atoms with E-state index in [1.807, 2.05) is 12.1 Å².